The largest absolute Gasteiger partial charge is 0.485 e. The summed E-state index contributed by atoms with van der Waals surface area (Å²) in [6.07, 6.45) is 3.57. The van der Waals surface area contributed by atoms with Crippen LogP contribution in [0.5, 0.6) is 11.5 Å². The number of aromatic nitrogens is 1. The Morgan fingerprint density at radius 1 is 0.800 bits per heavy atom. The number of hydrogen-bond acceptors (Lipinski definition) is 6. The van der Waals surface area contributed by atoms with Crippen LogP contribution in [0.25, 0.3) is 17.3 Å². The highest BCUT2D eigenvalue weighted by molar-refractivity contribution is 7.07. The predicted octanol–water partition coefficient (Wildman–Crippen LogP) is 5.18. The normalized spacial score (nSPS) is 13.8. The second-order valence-electron chi connectivity index (χ2n) is 10.6. The van der Waals surface area contributed by atoms with Gasteiger partial charge in [0.05, 0.1) is 10.2 Å². The number of likely N-dealkylation sites (tertiary alicyclic amines) is 1. The lowest BCUT2D eigenvalue weighted by atomic mass is 10.2. The van der Waals surface area contributed by atoms with Crippen molar-refractivity contribution in [2.24, 2.45) is 0 Å². The molecule has 1 amide bonds. The first-order valence-corrected chi connectivity index (χ1v) is 15.6. The maximum atomic E-state index is 13.9. The molecule has 1 aliphatic rings. The zero-order valence-corrected chi connectivity index (χ0v) is 25.4. The van der Waals surface area contributed by atoms with Gasteiger partial charge in [0.25, 0.3) is 11.5 Å². The van der Waals surface area contributed by atoms with E-state index >= 15 is 0 Å². The maximum absolute atomic E-state index is 13.9. The minimum absolute atomic E-state index is 0.0287. The highest BCUT2D eigenvalue weighted by Gasteiger charge is 2.24. The number of nitriles is 1. The van der Waals surface area contributed by atoms with E-state index in [9.17, 15) is 14.9 Å². The summed E-state index contributed by atoms with van der Waals surface area (Å²) in [6, 6.07) is 36.5. The topological polar surface area (TPSA) is 84.6 Å². The van der Waals surface area contributed by atoms with Crippen LogP contribution in [0.4, 0.5) is 0 Å². The zero-order valence-electron chi connectivity index (χ0n) is 24.6. The smallest absolute Gasteiger partial charge is 0.273 e. The Kier molecular flexibility index (Phi) is 9.19. The summed E-state index contributed by atoms with van der Waals surface area (Å²) < 4.78 is 14.6. The van der Waals surface area contributed by atoms with Crippen molar-refractivity contribution in [1.82, 2.24) is 9.47 Å². The van der Waals surface area contributed by atoms with Crippen LogP contribution < -0.4 is 24.2 Å². The van der Waals surface area contributed by atoms with Crippen LogP contribution in [-0.2, 0) is 18.0 Å². The van der Waals surface area contributed by atoms with Crippen LogP contribution in [0.2, 0.25) is 0 Å². The molecule has 1 aliphatic heterocycles. The fraction of sp³-hybridized carbons (Fsp3) is 0.162. The maximum Gasteiger partial charge on any atom is 0.273 e. The molecule has 2 heterocycles. The molecule has 0 spiro atoms. The number of amides is 1. The van der Waals surface area contributed by atoms with Gasteiger partial charge >= 0.3 is 0 Å². The molecule has 0 atom stereocenters. The molecule has 0 bridgehead atoms. The van der Waals surface area contributed by atoms with Crippen LogP contribution in [0.3, 0.4) is 0 Å². The molecule has 5 aromatic rings. The molecular formula is C37H31N3O4S. The fourth-order valence-electron chi connectivity index (χ4n) is 5.20. The van der Waals surface area contributed by atoms with Gasteiger partial charge in [0.1, 0.15) is 23.9 Å². The van der Waals surface area contributed by atoms with E-state index in [2.05, 4.69) is 6.07 Å². The Labute approximate surface area is 265 Å². The summed E-state index contributed by atoms with van der Waals surface area (Å²) in [5, 5.41) is 10.1. The third-order valence-electron chi connectivity index (χ3n) is 7.51. The monoisotopic (exact) mass is 613 g/mol. The third kappa shape index (κ3) is 6.90. The Morgan fingerprint density at radius 2 is 1.38 bits per heavy atom. The first-order chi connectivity index (χ1) is 22.1. The number of hydrogen-bond donors (Lipinski definition) is 0. The molecule has 0 radical (unpaired) electrons. The quantitative estimate of drug-likeness (QED) is 0.229. The molecule has 6 rings (SSSR count). The Hall–Kier alpha value is -5.39. The van der Waals surface area contributed by atoms with Crippen molar-refractivity contribution in [3.05, 3.63) is 145 Å². The van der Waals surface area contributed by atoms with E-state index in [4.69, 9.17) is 9.47 Å². The van der Waals surface area contributed by atoms with Gasteiger partial charge < -0.3 is 14.4 Å². The van der Waals surface area contributed by atoms with Gasteiger partial charge in [-0.3, -0.25) is 14.2 Å². The minimum Gasteiger partial charge on any atom is -0.485 e. The lowest BCUT2D eigenvalue weighted by molar-refractivity contribution is -0.123. The van der Waals surface area contributed by atoms with Crippen molar-refractivity contribution in [2.75, 3.05) is 13.1 Å². The molecule has 0 N–H and O–H groups in total. The number of benzene rings is 4. The van der Waals surface area contributed by atoms with Gasteiger partial charge in [0, 0.05) is 13.1 Å². The van der Waals surface area contributed by atoms with Gasteiger partial charge in [0.15, 0.2) is 17.1 Å². The SMILES string of the molecule is N#CC(C(=O)N1CCCC1)=c1sc(=Cc2ccc(OCc3ccccc3)c(OCc3ccccc3)c2)c(=O)n1-c1ccccc1. The van der Waals surface area contributed by atoms with Crippen molar-refractivity contribution in [2.45, 2.75) is 26.1 Å². The average molecular weight is 614 g/mol. The number of para-hydroxylation sites is 1. The number of nitrogens with zero attached hydrogens (tertiary/aromatic N) is 3. The zero-order chi connectivity index (χ0) is 31.0. The van der Waals surface area contributed by atoms with Crippen molar-refractivity contribution in [3.8, 4) is 23.3 Å². The third-order valence-corrected chi connectivity index (χ3v) is 8.60. The van der Waals surface area contributed by atoms with Crippen LogP contribution in [0.15, 0.2) is 114 Å². The lowest BCUT2D eigenvalue weighted by Gasteiger charge is -2.14. The number of ether oxygens (including phenoxy) is 2. The summed E-state index contributed by atoms with van der Waals surface area (Å²) in [4.78, 5) is 29.0. The molecule has 1 saturated heterocycles. The molecule has 224 valence electrons. The molecule has 1 fully saturated rings. The summed E-state index contributed by atoms with van der Waals surface area (Å²) >= 11 is 1.14. The molecular weight excluding hydrogens is 582 g/mol. The van der Waals surface area contributed by atoms with Crippen molar-refractivity contribution in [3.63, 3.8) is 0 Å². The van der Waals surface area contributed by atoms with E-state index < -0.39 is 0 Å². The van der Waals surface area contributed by atoms with Crippen molar-refractivity contribution >= 4 is 28.9 Å². The number of carbonyl (C=O) groups excluding carboxylic acids is 1. The summed E-state index contributed by atoms with van der Waals surface area (Å²) in [5.41, 5.74) is 3.02. The Morgan fingerprint density at radius 3 is 1.98 bits per heavy atom. The van der Waals surface area contributed by atoms with Gasteiger partial charge in [-0.2, -0.15) is 5.26 Å². The van der Waals surface area contributed by atoms with Crippen molar-refractivity contribution < 1.29 is 14.3 Å². The van der Waals surface area contributed by atoms with Gasteiger partial charge in [-0.25, -0.2) is 0 Å². The van der Waals surface area contributed by atoms with Gasteiger partial charge in [-0.05, 0) is 59.9 Å². The molecule has 0 unspecified atom stereocenters. The van der Waals surface area contributed by atoms with Gasteiger partial charge in [-0.1, -0.05) is 84.9 Å². The van der Waals surface area contributed by atoms with Gasteiger partial charge in [0.2, 0.25) is 0 Å². The highest BCUT2D eigenvalue weighted by Crippen LogP contribution is 2.30. The van der Waals surface area contributed by atoms with E-state index in [-0.39, 0.29) is 17.0 Å². The summed E-state index contributed by atoms with van der Waals surface area (Å²) in [5.74, 6) is 0.776. The first kappa shape index (κ1) is 29.7. The molecule has 8 heteroatoms. The van der Waals surface area contributed by atoms with Gasteiger partial charge in [-0.15, -0.1) is 11.3 Å². The van der Waals surface area contributed by atoms with Crippen LogP contribution in [-0.4, -0.2) is 28.5 Å². The second kappa shape index (κ2) is 13.9. The molecule has 45 heavy (non-hydrogen) atoms. The molecule has 7 nitrogen and oxygen atoms in total. The average Bonchev–Trinajstić information content (AvgIpc) is 3.74. The molecule has 0 saturated carbocycles. The van der Waals surface area contributed by atoms with Crippen LogP contribution >= 0.6 is 11.3 Å². The number of rotatable bonds is 9. The summed E-state index contributed by atoms with van der Waals surface area (Å²) in [7, 11) is 0. The minimum atomic E-state index is -0.344. The van der Waals surface area contributed by atoms with E-state index in [1.54, 1.807) is 23.1 Å². The Balaban J connectivity index is 1.43. The summed E-state index contributed by atoms with van der Waals surface area (Å²) in [6.45, 7) is 1.93. The van der Waals surface area contributed by atoms with Crippen LogP contribution in [0, 0.1) is 11.3 Å². The number of carbonyl (C=O) groups is 1. The number of thiazole rings is 1. The predicted molar refractivity (Wildman–Crippen MR) is 176 cm³/mol. The molecule has 1 aromatic heterocycles. The standard InChI is InChI=1S/C37H31N3O4S/c38-24-31(35(41)39-20-10-11-21-39)37-40(30-16-8-3-9-17-30)36(42)34(45-37)23-29-18-19-32(43-25-27-12-4-1-5-13-27)33(22-29)44-26-28-14-6-2-7-15-28/h1-9,12-19,22-23H,10-11,20-21,25-26H2. The second-order valence-corrected chi connectivity index (χ2v) is 11.7. The fourth-order valence-corrected chi connectivity index (χ4v) is 6.29. The molecule has 4 aromatic carbocycles. The van der Waals surface area contributed by atoms with E-state index in [0.29, 0.717) is 52.7 Å². The first-order valence-electron chi connectivity index (χ1n) is 14.8. The van der Waals surface area contributed by atoms with E-state index in [0.717, 1.165) is 40.9 Å². The van der Waals surface area contributed by atoms with Crippen LogP contribution in [0.1, 0.15) is 29.5 Å². The van der Waals surface area contributed by atoms with E-state index in [1.807, 2.05) is 97.1 Å². The van der Waals surface area contributed by atoms with Crippen molar-refractivity contribution in [1.29, 1.82) is 5.26 Å². The molecule has 0 aliphatic carbocycles. The van der Waals surface area contributed by atoms with E-state index in [1.165, 1.54) is 4.57 Å². The lowest BCUT2D eigenvalue weighted by Crippen LogP contribution is -2.35. The highest BCUT2D eigenvalue weighted by atomic mass is 32.1. The Bertz CT molecular complexity index is 2010.